The third-order valence-electron chi connectivity index (χ3n) is 2.00. The number of pyridine rings is 1. The number of carbonyl (C=O) groups excluding carboxylic acids is 1. The van der Waals surface area contributed by atoms with Crippen molar-refractivity contribution in [2.24, 2.45) is 0 Å². The molecule has 12 heavy (non-hydrogen) atoms. The van der Waals surface area contributed by atoms with Gasteiger partial charge in [0.15, 0.2) is 0 Å². The number of hydrogen-bond donors (Lipinski definition) is 1. The van der Waals surface area contributed by atoms with Crippen LogP contribution in [0.3, 0.4) is 0 Å². The molecule has 0 radical (unpaired) electrons. The summed E-state index contributed by atoms with van der Waals surface area (Å²) < 4.78 is 0. The van der Waals surface area contributed by atoms with E-state index in [-0.39, 0.29) is 5.91 Å². The molecule has 1 N–H and O–H groups in total. The minimum absolute atomic E-state index is 0.0451. The van der Waals surface area contributed by atoms with Gasteiger partial charge in [-0.05, 0) is 24.5 Å². The number of nitrogens with zero attached hydrogens (tertiary/aromatic N) is 1. The molecular formula is C9H10N2O. The highest BCUT2D eigenvalue weighted by Crippen LogP contribution is 2.11. The molecule has 0 bridgehead atoms. The van der Waals surface area contributed by atoms with Crippen molar-refractivity contribution in [1.82, 2.24) is 10.3 Å². The molecular weight excluding hydrogens is 152 g/mol. The van der Waals surface area contributed by atoms with E-state index < -0.39 is 0 Å². The number of hydrogen-bond acceptors (Lipinski definition) is 2. The highest BCUT2D eigenvalue weighted by Gasteiger charge is 2.17. The van der Waals surface area contributed by atoms with Gasteiger partial charge in [-0.15, -0.1) is 0 Å². The number of aryl methyl sites for hydroxylation is 1. The van der Waals surface area contributed by atoms with Gasteiger partial charge >= 0.3 is 0 Å². The fourth-order valence-corrected chi connectivity index (χ4v) is 1.42. The first-order valence-electron chi connectivity index (χ1n) is 4.01. The van der Waals surface area contributed by atoms with Crippen LogP contribution in [-0.2, 0) is 6.42 Å². The maximum Gasteiger partial charge on any atom is 0.270 e. The number of aromatic nitrogens is 1. The summed E-state index contributed by atoms with van der Waals surface area (Å²) in [6, 6.07) is 2.03. The SMILES string of the molecule is Cc1cnc2c(c1)CCNC2=O. The van der Waals surface area contributed by atoms with Crippen molar-refractivity contribution in [2.75, 3.05) is 6.54 Å². The Morgan fingerprint density at radius 3 is 3.25 bits per heavy atom. The monoisotopic (exact) mass is 162 g/mol. The van der Waals surface area contributed by atoms with Crippen molar-refractivity contribution in [3.8, 4) is 0 Å². The summed E-state index contributed by atoms with van der Waals surface area (Å²) in [5.74, 6) is -0.0451. The van der Waals surface area contributed by atoms with E-state index >= 15 is 0 Å². The van der Waals surface area contributed by atoms with Gasteiger partial charge in [0.1, 0.15) is 5.69 Å². The van der Waals surface area contributed by atoms with E-state index in [1.165, 1.54) is 0 Å². The number of amides is 1. The Labute approximate surface area is 70.8 Å². The van der Waals surface area contributed by atoms with E-state index in [1.54, 1.807) is 6.20 Å². The van der Waals surface area contributed by atoms with Crippen LogP contribution in [0.2, 0.25) is 0 Å². The third kappa shape index (κ3) is 1.07. The molecule has 1 aliphatic rings. The van der Waals surface area contributed by atoms with Gasteiger partial charge in [0.2, 0.25) is 0 Å². The summed E-state index contributed by atoms with van der Waals surface area (Å²) in [5.41, 5.74) is 2.77. The van der Waals surface area contributed by atoms with Crippen LogP contribution in [0.5, 0.6) is 0 Å². The first kappa shape index (κ1) is 7.28. The maximum absolute atomic E-state index is 11.2. The molecule has 0 fully saturated rings. The molecule has 2 heterocycles. The second-order valence-corrected chi connectivity index (χ2v) is 3.03. The predicted molar refractivity (Wildman–Crippen MR) is 45.0 cm³/mol. The van der Waals surface area contributed by atoms with Gasteiger partial charge in [0.25, 0.3) is 5.91 Å². The molecule has 62 valence electrons. The average Bonchev–Trinajstić information content (AvgIpc) is 2.04. The second kappa shape index (κ2) is 2.59. The molecule has 1 amide bonds. The van der Waals surface area contributed by atoms with Crippen molar-refractivity contribution in [3.05, 3.63) is 29.1 Å². The Bertz CT molecular complexity index is 333. The number of fused-ring (bicyclic) bond motifs is 1. The van der Waals surface area contributed by atoms with Crippen LogP contribution in [0.4, 0.5) is 0 Å². The van der Waals surface area contributed by atoms with Crippen LogP contribution < -0.4 is 5.32 Å². The molecule has 0 spiro atoms. The van der Waals surface area contributed by atoms with E-state index in [4.69, 9.17) is 0 Å². The van der Waals surface area contributed by atoms with Crippen molar-refractivity contribution < 1.29 is 4.79 Å². The van der Waals surface area contributed by atoms with Crippen molar-refractivity contribution >= 4 is 5.91 Å². The van der Waals surface area contributed by atoms with Gasteiger partial charge in [-0.25, -0.2) is 0 Å². The summed E-state index contributed by atoms with van der Waals surface area (Å²) in [6.45, 7) is 2.72. The van der Waals surface area contributed by atoms with Crippen LogP contribution in [0.1, 0.15) is 21.6 Å². The molecule has 1 aromatic heterocycles. The average molecular weight is 162 g/mol. The van der Waals surface area contributed by atoms with Gasteiger partial charge in [0.05, 0.1) is 0 Å². The summed E-state index contributed by atoms with van der Waals surface area (Å²) in [4.78, 5) is 15.3. The Hall–Kier alpha value is -1.38. The van der Waals surface area contributed by atoms with Gasteiger partial charge in [-0.1, -0.05) is 6.07 Å². The molecule has 0 aromatic carbocycles. The van der Waals surface area contributed by atoms with Crippen molar-refractivity contribution in [2.45, 2.75) is 13.3 Å². The summed E-state index contributed by atoms with van der Waals surface area (Å²) in [5, 5.41) is 2.76. The van der Waals surface area contributed by atoms with E-state index in [1.807, 2.05) is 13.0 Å². The second-order valence-electron chi connectivity index (χ2n) is 3.03. The Morgan fingerprint density at radius 2 is 2.42 bits per heavy atom. The Balaban J connectivity index is 2.53. The predicted octanol–water partition coefficient (Wildman–Crippen LogP) is 0.676. The zero-order valence-electron chi connectivity index (χ0n) is 6.92. The number of nitrogens with one attached hydrogen (secondary N) is 1. The van der Waals surface area contributed by atoms with Crippen molar-refractivity contribution in [3.63, 3.8) is 0 Å². The fraction of sp³-hybridized carbons (Fsp3) is 0.333. The quantitative estimate of drug-likeness (QED) is 0.609. The number of rotatable bonds is 0. The van der Waals surface area contributed by atoms with Gasteiger partial charge < -0.3 is 5.32 Å². The molecule has 3 heteroatoms. The minimum atomic E-state index is -0.0451. The highest BCUT2D eigenvalue weighted by atomic mass is 16.1. The third-order valence-corrected chi connectivity index (χ3v) is 2.00. The summed E-state index contributed by atoms with van der Waals surface area (Å²) in [7, 11) is 0. The van der Waals surface area contributed by atoms with Crippen LogP contribution in [0.25, 0.3) is 0 Å². The summed E-state index contributed by atoms with van der Waals surface area (Å²) >= 11 is 0. The molecule has 0 atom stereocenters. The molecule has 3 nitrogen and oxygen atoms in total. The lowest BCUT2D eigenvalue weighted by molar-refractivity contribution is 0.0940. The van der Waals surface area contributed by atoms with Crippen LogP contribution >= 0.6 is 0 Å². The molecule has 0 unspecified atom stereocenters. The minimum Gasteiger partial charge on any atom is -0.350 e. The Morgan fingerprint density at radius 1 is 1.58 bits per heavy atom. The van der Waals surface area contributed by atoms with Crippen LogP contribution in [0.15, 0.2) is 12.3 Å². The normalized spacial score (nSPS) is 15.2. The first-order chi connectivity index (χ1) is 5.77. The van der Waals surface area contributed by atoms with Crippen molar-refractivity contribution in [1.29, 1.82) is 0 Å². The summed E-state index contributed by atoms with van der Waals surface area (Å²) in [6.07, 6.45) is 2.62. The van der Waals surface area contributed by atoms with Gasteiger partial charge in [0, 0.05) is 12.7 Å². The smallest absolute Gasteiger partial charge is 0.270 e. The van der Waals surface area contributed by atoms with Gasteiger partial charge in [-0.2, -0.15) is 0 Å². The lowest BCUT2D eigenvalue weighted by Crippen LogP contribution is -2.32. The zero-order valence-corrected chi connectivity index (χ0v) is 6.92. The topological polar surface area (TPSA) is 42.0 Å². The van der Waals surface area contributed by atoms with E-state index in [2.05, 4.69) is 10.3 Å². The lowest BCUT2D eigenvalue weighted by Gasteiger charge is -2.14. The number of carbonyl (C=O) groups is 1. The molecule has 1 aromatic rings. The van der Waals surface area contributed by atoms with Crippen LogP contribution in [-0.4, -0.2) is 17.4 Å². The fourth-order valence-electron chi connectivity index (χ4n) is 1.42. The molecule has 2 rings (SSSR count). The molecule has 0 saturated carbocycles. The zero-order chi connectivity index (χ0) is 8.55. The van der Waals surface area contributed by atoms with Gasteiger partial charge in [-0.3, -0.25) is 9.78 Å². The van der Waals surface area contributed by atoms with E-state index in [0.29, 0.717) is 5.69 Å². The standard InChI is InChI=1S/C9H10N2O/c1-6-4-7-2-3-10-9(12)8(7)11-5-6/h4-5H,2-3H2,1H3,(H,10,12). The highest BCUT2D eigenvalue weighted by molar-refractivity contribution is 5.94. The maximum atomic E-state index is 11.2. The largest absolute Gasteiger partial charge is 0.350 e. The van der Waals surface area contributed by atoms with Crippen LogP contribution in [0, 0.1) is 6.92 Å². The molecule has 0 aliphatic carbocycles. The first-order valence-corrected chi connectivity index (χ1v) is 4.01. The molecule has 0 saturated heterocycles. The Kier molecular flexibility index (Phi) is 1.57. The van der Waals surface area contributed by atoms with E-state index in [0.717, 1.165) is 24.1 Å². The van der Waals surface area contributed by atoms with E-state index in [9.17, 15) is 4.79 Å². The molecule has 1 aliphatic heterocycles. The lowest BCUT2D eigenvalue weighted by atomic mass is 10.0.